The molecule has 0 aliphatic rings. The first-order chi connectivity index (χ1) is 13.5. The standard InChI is InChI=1S/C20H13Cl2N3O2S/c1-27-13-8-5-12(6-9-13)7-10-18-23-20-25(24-18)19(26)17(28-20)11-14-15(21)3-2-4-16(14)22/h2-11H,1H3. The third kappa shape index (κ3) is 3.67. The van der Waals surface area contributed by atoms with Crippen molar-refractivity contribution in [2.45, 2.75) is 0 Å². The lowest BCUT2D eigenvalue weighted by atomic mass is 10.2. The van der Waals surface area contributed by atoms with Crippen LogP contribution >= 0.6 is 34.5 Å². The van der Waals surface area contributed by atoms with Gasteiger partial charge < -0.3 is 4.74 Å². The maximum Gasteiger partial charge on any atom is 0.291 e. The molecule has 28 heavy (non-hydrogen) atoms. The SMILES string of the molecule is COc1ccc(C=Cc2nc3sc(=Cc4c(Cl)cccc4Cl)c(=O)n3n2)cc1. The van der Waals surface area contributed by atoms with E-state index in [-0.39, 0.29) is 5.56 Å². The van der Waals surface area contributed by atoms with Crippen molar-refractivity contribution in [1.82, 2.24) is 14.6 Å². The molecular formula is C20H13Cl2N3O2S. The number of nitrogens with zero attached hydrogens (tertiary/aromatic N) is 3. The van der Waals surface area contributed by atoms with E-state index in [0.717, 1.165) is 11.3 Å². The predicted octanol–water partition coefficient (Wildman–Crippen LogP) is 4.18. The number of rotatable bonds is 4. The Balaban J connectivity index is 1.67. The number of aromatic nitrogens is 3. The van der Waals surface area contributed by atoms with Gasteiger partial charge in [-0.3, -0.25) is 4.79 Å². The van der Waals surface area contributed by atoms with Crippen LogP contribution in [0.5, 0.6) is 5.75 Å². The zero-order valence-corrected chi connectivity index (χ0v) is 16.9. The van der Waals surface area contributed by atoms with Crippen LogP contribution in [-0.4, -0.2) is 21.7 Å². The largest absolute Gasteiger partial charge is 0.497 e. The van der Waals surface area contributed by atoms with Gasteiger partial charge in [0.05, 0.1) is 11.6 Å². The molecule has 5 nitrogen and oxygen atoms in total. The molecule has 4 rings (SSSR count). The van der Waals surface area contributed by atoms with E-state index in [9.17, 15) is 4.79 Å². The highest BCUT2D eigenvalue weighted by Crippen LogP contribution is 2.24. The van der Waals surface area contributed by atoms with Crippen LogP contribution in [-0.2, 0) is 0 Å². The second-order valence-electron chi connectivity index (χ2n) is 5.82. The molecule has 2 aromatic carbocycles. The van der Waals surface area contributed by atoms with Crippen LogP contribution < -0.4 is 14.8 Å². The maximum atomic E-state index is 12.6. The van der Waals surface area contributed by atoms with Gasteiger partial charge in [0, 0.05) is 15.6 Å². The van der Waals surface area contributed by atoms with Crippen molar-refractivity contribution in [2.24, 2.45) is 0 Å². The van der Waals surface area contributed by atoms with E-state index < -0.39 is 0 Å². The fourth-order valence-corrected chi connectivity index (χ4v) is 3.99. The predicted molar refractivity (Wildman–Crippen MR) is 114 cm³/mol. The van der Waals surface area contributed by atoms with E-state index in [1.54, 1.807) is 37.5 Å². The molecule has 8 heteroatoms. The zero-order valence-electron chi connectivity index (χ0n) is 14.6. The molecule has 0 atom stereocenters. The fraction of sp³-hybridized carbons (Fsp3) is 0.0500. The lowest BCUT2D eigenvalue weighted by molar-refractivity contribution is 0.415. The van der Waals surface area contributed by atoms with Gasteiger partial charge >= 0.3 is 0 Å². The molecule has 0 fully saturated rings. The van der Waals surface area contributed by atoms with Gasteiger partial charge in [0.25, 0.3) is 5.56 Å². The Bertz CT molecular complexity index is 1270. The van der Waals surface area contributed by atoms with Crippen LogP contribution in [0.2, 0.25) is 10.0 Å². The van der Waals surface area contributed by atoms with Gasteiger partial charge in [-0.05, 0) is 42.0 Å². The molecule has 0 N–H and O–H groups in total. The Morgan fingerprint density at radius 2 is 1.79 bits per heavy atom. The summed E-state index contributed by atoms with van der Waals surface area (Å²) in [5.41, 5.74) is 1.32. The molecule has 2 aromatic heterocycles. The Hall–Kier alpha value is -2.67. The molecule has 0 saturated heterocycles. The number of hydrogen-bond donors (Lipinski definition) is 0. The van der Waals surface area contributed by atoms with E-state index >= 15 is 0 Å². The minimum Gasteiger partial charge on any atom is -0.497 e. The van der Waals surface area contributed by atoms with Gasteiger partial charge in [-0.2, -0.15) is 9.50 Å². The first-order valence-electron chi connectivity index (χ1n) is 8.22. The summed E-state index contributed by atoms with van der Waals surface area (Å²) >= 11 is 13.6. The molecule has 0 amide bonds. The van der Waals surface area contributed by atoms with Gasteiger partial charge in [-0.1, -0.05) is 58.8 Å². The third-order valence-electron chi connectivity index (χ3n) is 4.01. The lowest BCUT2D eigenvalue weighted by Gasteiger charge is -1.99. The summed E-state index contributed by atoms with van der Waals surface area (Å²) in [5, 5.41) is 5.24. The van der Waals surface area contributed by atoms with Crippen molar-refractivity contribution < 1.29 is 4.74 Å². The average Bonchev–Trinajstić information content (AvgIpc) is 3.22. The number of halogens is 2. The fourth-order valence-electron chi connectivity index (χ4n) is 2.58. The van der Waals surface area contributed by atoms with Gasteiger partial charge in [-0.15, -0.1) is 5.10 Å². The van der Waals surface area contributed by atoms with Crippen molar-refractivity contribution in [2.75, 3.05) is 7.11 Å². The summed E-state index contributed by atoms with van der Waals surface area (Å²) < 4.78 is 6.89. The molecule has 0 bridgehead atoms. The lowest BCUT2D eigenvalue weighted by Crippen LogP contribution is -2.23. The normalized spacial score (nSPS) is 12.3. The van der Waals surface area contributed by atoms with Crippen LogP contribution in [0.25, 0.3) is 23.2 Å². The minimum atomic E-state index is -0.257. The second-order valence-corrected chi connectivity index (χ2v) is 7.65. The Morgan fingerprint density at radius 3 is 2.43 bits per heavy atom. The number of fused-ring (bicyclic) bond motifs is 1. The molecule has 0 spiro atoms. The van der Waals surface area contributed by atoms with Crippen molar-refractivity contribution in [1.29, 1.82) is 0 Å². The molecule has 0 radical (unpaired) electrons. The van der Waals surface area contributed by atoms with Crippen LogP contribution in [0.4, 0.5) is 0 Å². The van der Waals surface area contributed by atoms with Crippen LogP contribution in [0.1, 0.15) is 17.0 Å². The van der Waals surface area contributed by atoms with Gasteiger partial charge in [0.15, 0.2) is 5.82 Å². The van der Waals surface area contributed by atoms with Crippen molar-refractivity contribution in [3.8, 4) is 5.75 Å². The molecule has 4 aromatic rings. The second kappa shape index (κ2) is 7.75. The van der Waals surface area contributed by atoms with E-state index in [2.05, 4.69) is 10.1 Å². The number of methoxy groups -OCH3 is 1. The molecule has 140 valence electrons. The first kappa shape index (κ1) is 18.7. The van der Waals surface area contributed by atoms with Crippen molar-refractivity contribution >= 4 is 57.7 Å². The first-order valence-corrected chi connectivity index (χ1v) is 9.80. The minimum absolute atomic E-state index is 0.257. The summed E-state index contributed by atoms with van der Waals surface area (Å²) in [4.78, 5) is 17.5. The Kier molecular flexibility index (Phi) is 5.17. The number of hydrogen-bond acceptors (Lipinski definition) is 5. The smallest absolute Gasteiger partial charge is 0.291 e. The topological polar surface area (TPSA) is 56.5 Å². The van der Waals surface area contributed by atoms with E-state index in [0.29, 0.717) is 30.9 Å². The molecule has 0 unspecified atom stereocenters. The monoisotopic (exact) mass is 429 g/mol. The molecule has 0 saturated carbocycles. The van der Waals surface area contributed by atoms with Crippen LogP contribution in [0.15, 0.2) is 47.3 Å². The summed E-state index contributed by atoms with van der Waals surface area (Å²) in [6, 6.07) is 12.8. The average molecular weight is 430 g/mol. The van der Waals surface area contributed by atoms with E-state index in [1.165, 1.54) is 15.9 Å². The summed E-state index contributed by atoms with van der Waals surface area (Å²) in [5.74, 6) is 1.25. The molecule has 0 aliphatic heterocycles. The summed E-state index contributed by atoms with van der Waals surface area (Å²) in [7, 11) is 1.62. The molecular weight excluding hydrogens is 417 g/mol. The van der Waals surface area contributed by atoms with Gasteiger partial charge in [0.1, 0.15) is 5.75 Å². The van der Waals surface area contributed by atoms with Crippen molar-refractivity contribution in [3.05, 3.63) is 84.3 Å². The van der Waals surface area contributed by atoms with E-state index in [1.807, 2.05) is 30.3 Å². The number of thiazole rings is 1. The highest BCUT2D eigenvalue weighted by atomic mass is 35.5. The summed E-state index contributed by atoms with van der Waals surface area (Å²) in [6.07, 6.45) is 5.30. The molecule has 2 heterocycles. The maximum absolute atomic E-state index is 12.6. The number of benzene rings is 2. The van der Waals surface area contributed by atoms with Gasteiger partial charge in [0.2, 0.25) is 4.96 Å². The quantitative estimate of drug-likeness (QED) is 0.488. The van der Waals surface area contributed by atoms with E-state index in [4.69, 9.17) is 27.9 Å². The molecule has 0 aliphatic carbocycles. The summed E-state index contributed by atoms with van der Waals surface area (Å²) in [6.45, 7) is 0. The van der Waals surface area contributed by atoms with Crippen LogP contribution in [0, 0.1) is 0 Å². The van der Waals surface area contributed by atoms with Crippen LogP contribution in [0.3, 0.4) is 0 Å². The zero-order chi connectivity index (χ0) is 19.7. The number of ether oxygens (including phenoxy) is 1. The third-order valence-corrected chi connectivity index (χ3v) is 5.63. The van der Waals surface area contributed by atoms with Gasteiger partial charge in [-0.25, -0.2) is 0 Å². The Morgan fingerprint density at radius 1 is 1.07 bits per heavy atom. The van der Waals surface area contributed by atoms with Crippen molar-refractivity contribution in [3.63, 3.8) is 0 Å². The highest BCUT2D eigenvalue weighted by molar-refractivity contribution is 7.15. The Labute approximate surface area is 174 Å². The highest BCUT2D eigenvalue weighted by Gasteiger charge is 2.10.